The van der Waals surface area contributed by atoms with Crippen molar-refractivity contribution in [3.8, 4) is 0 Å². The van der Waals surface area contributed by atoms with Gasteiger partial charge < -0.3 is 11.1 Å². The number of rotatable bonds is 6. The summed E-state index contributed by atoms with van der Waals surface area (Å²) in [5.74, 6) is -0.281. The van der Waals surface area contributed by atoms with Gasteiger partial charge in [0.15, 0.2) is 0 Å². The number of nitrogens with two attached hydrogens (primary N) is 1. The second kappa shape index (κ2) is 6.10. The molecule has 0 spiro atoms. The van der Waals surface area contributed by atoms with E-state index in [1.807, 2.05) is 7.05 Å². The van der Waals surface area contributed by atoms with Gasteiger partial charge in [-0.3, -0.25) is 9.69 Å². The third-order valence-electron chi connectivity index (χ3n) is 3.34. The minimum absolute atomic E-state index is 0.281. The molecule has 0 aliphatic heterocycles. The lowest BCUT2D eigenvalue weighted by atomic mass is 10.2. The Bertz CT molecular complexity index is 402. The number of nitrogens with one attached hydrogen (secondary N) is 1. The van der Waals surface area contributed by atoms with Crippen molar-refractivity contribution in [2.45, 2.75) is 38.3 Å². The number of primary amides is 1. The van der Waals surface area contributed by atoms with Crippen LogP contribution in [0.25, 0.3) is 0 Å². The van der Waals surface area contributed by atoms with Crippen molar-refractivity contribution >= 4 is 22.4 Å². The first kappa shape index (κ1) is 13.2. The summed E-state index contributed by atoms with van der Waals surface area (Å²) in [6.45, 7) is 0.936. The lowest BCUT2D eigenvalue weighted by molar-refractivity contribution is -0.119. The molecule has 1 saturated carbocycles. The van der Waals surface area contributed by atoms with Crippen molar-refractivity contribution in [3.05, 3.63) is 5.69 Å². The fourth-order valence-electron chi connectivity index (χ4n) is 2.48. The highest BCUT2D eigenvalue weighted by atomic mass is 32.1. The molecule has 0 saturated heterocycles. The largest absolute Gasteiger partial charge is 0.377 e. The Kier molecular flexibility index (Phi) is 4.48. The third-order valence-corrected chi connectivity index (χ3v) is 4.12. The molecule has 0 atom stereocenters. The zero-order chi connectivity index (χ0) is 13.0. The van der Waals surface area contributed by atoms with Crippen molar-refractivity contribution in [3.63, 3.8) is 0 Å². The first-order valence-electron chi connectivity index (χ1n) is 6.22. The summed E-state index contributed by atoms with van der Waals surface area (Å²) < 4.78 is 3.94. The molecule has 7 heteroatoms. The first-order valence-corrected chi connectivity index (χ1v) is 6.99. The Morgan fingerprint density at radius 2 is 2.28 bits per heavy atom. The van der Waals surface area contributed by atoms with Crippen LogP contribution in [0.5, 0.6) is 0 Å². The number of carbonyl (C=O) groups is 1. The summed E-state index contributed by atoms with van der Waals surface area (Å²) in [4.78, 5) is 13.3. The van der Waals surface area contributed by atoms with Gasteiger partial charge in [0.25, 0.3) is 0 Å². The molecule has 1 aliphatic rings. The number of nitrogens with zero attached hydrogens (tertiary/aromatic N) is 3. The lowest BCUT2D eigenvalue weighted by Gasteiger charge is -2.26. The maximum absolute atomic E-state index is 11.2. The van der Waals surface area contributed by atoms with Gasteiger partial charge in [-0.05, 0) is 12.8 Å². The SMILES string of the molecule is CNc1snnc1CN(CC(N)=O)C1CCCC1. The van der Waals surface area contributed by atoms with Crippen LogP contribution >= 0.6 is 11.5 Å². The van der Waals surface area contributed by atoms with Gasteiger partial charge in [-0.2, -0.15) is 0 Å². The number of anilines is 1. The van der Waals surface area contributed by atoms with Gasteiger partial charge in [0.2, 0.25) is 5.91 Å². The van der Waals surface area contributed by atoms with Crippen LogP contribution in [0.4, 0.5) is 5.00 Å². The molecule has 0 unspecified atom stereocenters. The molecule has 0 bridgehead atoms. The van der Waals surface area contributed by atoms with Gasteiger partial charge in [-0.25, -0.2) is 0 Å². The standard InChI is InChI=1S/C11H19N5OS/c1-13-11-9(14-15-18-11)6-16(7-10(12)17)8-4-2-3-5-8/h8,13H,2-7H2,1H3,(H2,12,17). The van der Waals surface area contributed by atoms with Gasteiger partial charge in [0.1, 0.15) is 10.7 Å². The molecule has 18 heavy (non-hydrogen) atoms. The zero-order valence-electron chi connectivity index (χ0n) is 10.6. The van der Waals surface area contributed by atoms with Gasteiger partial charge in [0, 0.05) is 31.2 Å². The Morgan fingerprint density at radius 3 is 2.89 bits per heavy atom. The van der Waals surface area contributed by atoms with Crippen molar-refractivity contribution in [1.82, 2.24) is 14.5 Å². The van der Waals surface area contributed by atoms with Crippen LogP contribution in [0, 0.1) is 0 Å². The molecular formula is C11H19N5OS. The fraction of sp³-hybridized carbons (Fsp3) is 0.727. The second-order valence-corrected chi connectivity index (χ2v) is 5.36. The Balaban J connectivity index is 2.06. The Hall–Kier alpha value is -1.21. The molecule has 1 fully saturated rings. The van der Waals surface area contributed by atoms with E-state index in [-0.39, 0.29) is 5.91 Å². The van der Waals surface area contributed by atoms with Crippen LogP contribution in [0.3, 0.4) is 0 Å². The second-order valence-electron chi connectivity index (χ2n) is 4.61. The van der Waals surface area contributed by atoms with Crippen molar-refractivity contribution in [2.75, 3.05) is 18.9 Å². The van der Waals surface area contributed by atoms with Gasteiger partial charge in [0.05, 0.1) is 6.54 Å². The predicted molar refractivity (Wildman–Crippen MR) is 71.3 cm³/mol. The van der Waals surface area contributed by atoms with Crippen LogP contribution in [0.2, 0.25) is 0 Å². The molecule has 100 valence electrons. The van der Waals surface area contributed by atoms with E-state index in [2.05, 4.69) is 19.8 Å². The molecule has 3 N–H and O–H groups in total. The Morgan fingerprint density at radius 1 is 1.56 bits per heavy atom. The molecule has 6 nitrogen and oxygen atoms in total. The molecule has 1 aromatic rings. The average molecular weight is 269 g/mol. The molecule has 1 aliphatic carbocycles. The van der Waals surface area contributed by atoms with E-state index in [4.69, 9.17) is 5.73 Å². The maximum Gasteiger partial charge on any atom is 0.231 e. The van der Waals surface area contributed by atoms with E-state index in [9.17, 15) is 4.79 Å². The van der Waals surface area contributed by atoms with Crippen LogP contribution < -0.4 is 11.1 Å². The van der Waals surface area contributed by atoms with Crippen LogP contribution in [-0.2, 0) is 11.3 Å². The average Bonchev–Trinajstić information content (AvgIpc) is 2.98. The summed E-state index contributed by atoms with van der Waals surface area (Å²) in [6, 6.07) is 0.448. The van der Waals surface area contributed by atoms with Crippen molar-refractivity contribution < 1.29 is 4.79 Å². The smallest absolute Gasteiger partial charge is 0.231 e. The summed E-state index contributed by atoms with van der Waals surface area (Å²) in [5, 5.41) is 8.15. The van der Waals surface area contributed by atoms with E-state index >= 15 is 0 Å². The minimum Gasteiger partial charge on any atom is -0.377 e. The van der Waals surface area contributed by atoms with E-state index in [0.717, 1.165) is 23.5 Å². The van der Waals surface area contributed by atoms with E-state index < -0.39 is 0 Å². The topological polar surface area (TPSA) is 84.1 Å². The van der Waals surface area contributed by atoms with Crippen LogP contribution in [-0.4, -0.2) is 40.0 Å². The highest BCUT2D eigenvalue weighted by molar-refractivity contribution is 7.10. The van der Waals surface area contributed by atoms with E-state index in [0.29, 0.717) is 19.1 Å². The monoisotopic (exact) mass is 269 g/mol. The number of hydrogen-bond donors (Lipinski definition) is 2. The fourth-order valence-corrected chi connectivity index (χ4v) is 3.00. The summed E-state index contributed by atoms with van der Waals surface area (Å²) in [7, 11) is 1.85. The van der Waals surface area contributed by atoms with Gasteiger partial charge in [-0.15, -0.1) is 5.10 Å². The molecule has 1 aromatic heterocycles. The quantitative estimate of drug-likeness (QED) is 0.798. The van der Waals surface area contributed by atoms with Gasteiger partial charge in [-0.1, -0.05) is 17.3 Å². The molecule has 1 amide bonds. The maximum atomic E-state index is 11.2. The summed E-state index contributed by atoms with van der Waals surface area (Å²) in [6.07, 6.45) is 4.74. The van der Waals surface area contributed by atoms with E-state index in [1.165, 1.54) is 24.4 Å². The molecule has 0 radical (unpaired) electrons. The predicted octanol–water partition coefficient (Wildman–Crippen LogP) is 0.810. The normalized spacial score (nSPS) is 16.3. The zero-order valence-corrected chi connectivity index (χ0v) is 11.4. The molecule has 1 heterocycles. The highest BCUT2D eigenvalue weighted by Gasteiger charge is 2.25. The number of carbonyl (C=O) groups excluding carboxylic acids is 1. The van der Waals surface area contributed by atoms with Crippen molar-refractivity contribution in [2.24, 2.45) is 5.73 Å². The Labute approximate surface area is 111 Å². The minimum atomic E-state index is -0.281. The number of aromatic nitrogens is 2. The van der Waals surface area contributed by atoms with Crippen molar-refractivity contribution in [1.29, 1.82) is 0 Å². The number of amides is 1. The van der Waals surface area contributed by atoms with Crippen LogP contribution in [0.15, 0.2) is 0 Å². The van der Waals surface area contributed by atoms with E-state index in [1.54, 1.807) is 0 Å². The number of hydrogen-bond acceptors (Lipinski definition) is 6. The summed E-state index contributed by atoms with van der Waals surface area (Å²) >= 11 is 1.34. The summed E-state index contributed by atoms with van der Waals surface area (Å²) in [5.41, 5.74) is 6.23. The van der Waals surface area contributed by atoms with Crippen LogP contribution in [0.1, 0.15) is 31.4 Å². The van der Waals surface area contributed by atoms with Gasteiger partial charge >= 0.3 is 0 Å². The molecular weight excluding hydrogens is 250 g/mol. The first-order chi connectivity index (χ1) is 8.70. The molecule has 0 aromatic carbocycles. The molecule has 2 rings (SSSR count). The highest BCUT2D eigenvalue weighted by Crippen LogP contribution is 2.26. The lowest BCUT2D eigenvalue weighted by Crippen LogP contribution is -2.39. The third kappa shape index (κ3) is 3.17.